The van der Waals surface area contributed by atoms with Gasteiger partial charge in [-0.25, -0.2) is 0 Å². The fourth-order valence-corrected chi connectivity index (χ4v) is 0.743. The van der Waals surface area contributed by atoms with E-state index < -0.39 is 0 Å². The van der Waals surface area contributed by atoms with Crippen LogP contribution in [0.3, 0.4) is 0 Å². The number of nitrogens with zero attached hydrogens (tertiary/aromatic N) is 1. The van der Waals surface area contributed by atoms with Gasteiger partial charge in [-0.1, -0.05) is 6.58 Å². The molecule has 2 nitrogen and oxygen atoms in total. The molecule has 2 heteroatoms. The molecule has 11 heavy (non-hydrogen) atoms. The smallest absolute Gasteiger partial charge is 0.0653 e. The van der Waals surface area contributed by atoms with Crippen molar-refractivity contribution in [2.24, 2.45) is 0 Å². The zero-order valence-corrected chi connectivity index (χ0v) is 6.46. The molecule has 0 amide bonds. The summed E-state index contributed by atoms with van der Waals surface area (Å²) in [6, 6.07) is 3.72. The number of rotatable bonds is 2. The fraction of sp³-hybridized carbons (Fsp3) is 0.111. The molecule has 0 bridgehead atoms. The lowest BCUT2D eigenvalue weighted by Gasteiger charge is -1.97. The highest BCUT2D eigenvalue weighted by molar-refractivity contribution is 5.76. The lowest BCUT2D eigenvalue weighted by molar-refractivity contribution is 1.26. The average molecular weight is 146 g/mol. The second-order valence-corrected chi connectivity index (χ2v) is 2.40. The van der Waals surface area contributed by atoms with Crippen LogP contribution < -0.4 is 0 Å². The van der Waals surface area contributed by atoms with Gasteiger partial charge in [-0.2, -0.15) is 0 Å². The average Bonchev–Trinajstić information content (AvgIpc) is 2.05. The first-order chi connectivity index (χ1) is 5.24. The van der Waals surface area contributed by atoms with Gasteiger partial charge in [0, 0.05) is 18.0 Å². The van der Waals surface area contributed by atoms with E-state index in [-0.39, 0.29) is 0 Å². The number of nitrogens with one attached hydrogen (secondary N) is 1. The van der Waals surface area contributed by atoms with E-state index >= 15 is 0 Å². The third-order valence-corrected chi connectivity index (χ3v) is 1.39. The van der Waals surface area contributed by atoms with Crippen molar-refractivity contribution in [3.63, 3.8) is 0 Å². The number of aromatic nitrogens is 1. The van der Waals surface area contributed by atoms with Gasteiger partial charge < -0.3 is 5.41 Å². The van der Waals surface area contributed by atoms with Gasteiger partial charge in [0.25, 0.3) is 0 Å². The molecule has 56 valence electrons. The summed E-state index contributed by atoms with van der Waals surface area (Å²) < 4.78 is 0. The van der Waals surface area contributed by atoms with Crippen LogP contribution in [0.1, 0.15) is 18.2 Å². The summed E-state index contributed by atoms with van der Waals surface area (Å²) >= 11 is 0. The summed E-state index contributed by atoms with van der Waals surface area (Å²) in [7, 11) is 0. The van der Waals surface area contributed by atoms with Gasteiger partial charge in [0.05, 0.1) is 5.69 Å². The Labute approximate surface area is 66.1 Å². The van der Waals surface area contributed by atoms with Crippen molar-refractivity contribution in [1.82, 2.24) is 4.98 Å². The molecule has 0 aliphatic rings. The zero-order chi connectivity index (χ0) is 8.27. The zero-order valence-electron chi connectivity index (χ0n) is 6.46. The predicted molar refractivity (Wildman–Crippen MR) is 46.8 cm³/mol. The Morgan fingerprint density at radius 2 is 2.36 bits per heavy atom. The second kappa shape index (κ2) is 3.10. The van der Waals surface area contributed by atoms with Crippen LogP contribution in [0.25, 0.3) is 5.57 Å². The van der Waals surface area contributed by atoms with E-state index in [9.17, 15) is 0 Å². The lowest BCUT2D eigenvalue weighted by Crippen LogP contribution is -1.86. The molecule has 1 rings (SSSR count). The monoisotopic (exact) mass is 146 g/mol. The molecule has 0 aromatic carbocycles. The van der Waals surface area contributed by atoms with Crippen molar-refractivity contribution in [1.29, 1.82) is 5.41 Å². The highest BCUT2D eigenvalue weighted by Crippen LogP contribution is 2.07. The standard InChI is InChI=1S/C9H10N2/c1-7(2)9-4-3-8(5-10)6-11-9/h3-6,10H,1H2,2H3. The van der Waals surface area contributed by atoms with Gasteiger partial charge in [-0.15, -0.1) is 0 Å². The number of hydrogen-bond donors (Lipinski definition) is 1. The minimum absolute atomic E-state index is 0.815. The molecule has 0 aliphatic heterocycles. The molecule has 0 radical (unpaired) electrons. The molecule has 1 N–H and O–H groups in total. The summed E-state index contributed by atoms with van der Waals surface area (Å²) in [6.07, 6.45) is 2.94. The Kier molecular flexibility index (Phi) is 2.16. The number of pyridine rings is 1. The van der Waals surface area contributed by atoms with E-state index in [0.717, 1.165) is 16.8 Å². The maximum Gasteiger partial charge on any atom is 0.0653 e. The van der Waals surface area contributed by atoms with Gasteiger partial charge in [0.15, 0.2) is 0 Å². The molecule has 1 heterocycles. The summed E-state index contributed by atoms with van der Waals surface area (Å²) in [4.78, 5) is 4.10. The first-order valence-electron chi connectivity index (χ1n) is 3.36. The van der Waals surface area contributed by atoms with Crippen molar-refractivity contribution in [2.45, 2.75) is 6.92 Å². The van der Waals surface area contributed by atoms with E-state index in [2.05, 4.69) is 11.6 Å². The van der Waals surface area contributed by atoms with Gasteiger partial charge >= 0.3 is 0 Å². The molecule has 0 saturated heterocycles. The van der Waals surface area contributed by atoms with Gasteiger partial charge in [0.1, 0.15) is 0 Å². The molecule has 0 spiro atoms. The number of hydrogen-bond acceptors (Lipinski definition) is 2. The van der Waals surface area contributed by atoms with E-state index in [0.29, 0.717) is 0 Å². The Balaban J connectivity index is 3.00. The van der Waals surface area contributed by atoms with Gasteiger partial charge in [-0.3, -0.25) is 4.98 Å². The van der Waals surface area contributed by atoms with Crippen LogP contribution in [-0.2, 0) is 0 Å². The predicted octanol–water partition coefficient (Wildman–Crippen LogP) is 2.11. The van der Waals surface area contributed by atoms with E-state index in [1.165, 1.54) is 6.21 Å². The van der Waals surface area contributed by atoms with Crippen LogP contribution in [0.15, 0.2) is 24.9 Å². The summed E-state index contributed by atoms with van der Waals surface area (Å²) in [5.41, 5.74) is 2.65. The lowest BCUT2D eigenvalue weighted by atomic mass is 10.2. The molecule has 0 saturated carbocycles. The molecule has 1 aromatic heterocycles. The Bertz CT molecular complexity index is 272. The molecule has 0 fully saturated rings. The van der Waals surface area contributed by atoms with Crippen molar-refractivity contribution in [2.75, 3.05) is 0 Å². The summed E-state index contributed by atoms with van der Waals surface area (Å²) in [6.45, 7) is 5.67. The Morgan fingerprint density at radius 3 is 2.73 bits per heavy atom. The normalized spacial score (nSPS) is 9.18. The van der Waals surface area contributed by atoms with Crippen molar-refractivity contribution in [3.8, 4) is 0 Å². The van der Waals surface area contributed by atoms with Crippen LogP contribution in [0, 0.1) is 5.41 Å². The molecule has 0 unspecified atom stereocenters. The van der Waals surface area contributed by atoms with Crippen LogP contribution in [0.5, 0.6) is 0 Å². The van der Waals surface area contributed by atoms with Crippen LogP contribution >= 0.6 is 0 Å². The first-order valence-corrected chi connectivity index (χ1v) is 3.36. The summed E-state index contributed by atoms with van der Waals surface area (Å²) in [5.74, 6) is 0. The van der Waals surface area contributed by atoms with E-state index in [1.807, 2.05) is 19.1 Å². The highest BCUT2D eigenvalue weighted by atomic mass is 14.7. The molecular weight excluding hydrogens is 136 g/mol. The third kappa shape index (κ3) is 1.74. The van der Waals surface area contributed by atoms with Crippen LogP contribution in [0.4, 0.5) is 0 Å². The topological polar surface area (TPSA) is 36.7 Å². The minimum Gasteiger partial charge on any atom is -0.308 e. The second-order valence-electron chi connectivity index (χ2n) is 2.40. The molecule has 0 atom stereocenters. The minimum atomic E-state index is 0.815. The van der Waals surface area contributed by atoms with Crippen LogP contribution in [0.2, 0.25) is 0 Å². The molecule has 0 aliphatic carbocycles. The Hall–Kier alpha value is -1.44. The van der Waals surface area contributed by atoms with E-state index in [4.69, 9.17) is 5.41 Å². The van der Waals surface area contributed by atoms with Gasteiger partial charge in [-0.05, 0) is 24.6 Å². The van der Waals surface area contributed by atoms with E-state index in [1.54, 1.807) is 6.20 Å². The Morgan fingerprint density at radius 1 is 1.64 bits per heavy atom. The van der Waals surface area contributed by atoms with Crippen molar-refractivity contribution < 1.29 is 0 Å². The largest absolute Gasteiger partial charge is 0.308 e. The highest BCUT2D eigenvalue weighted by Gasteiger charge is 1.92. The first kappa shape index (κ1) is 7.66. The van der Waals surface area contributed by atoms with Crippen molar-refractivity contribution in [3.05, 3.63) is 36.2 Å². The molecule has 1 aromatic rings. The SMILES string of the molecule is C=C(C)c1ccc(C=N)cn1. The molecular formula is C9H10N2. The third-order valence-electron chi connectivity index (χ3n) is 1.39. The van der Waals surface area contributed by atoms with Crippen molar-refractivity contribution >= 4 is 11.8 Å². The quantitative estimate of drug-likeness (QED) is 0.637. The maximum atomic E-state index is 6.93. The fourth-order valence-electron chi connectivity index (χ4n) is 0.743. The maximum absolute atomic E-state index is 6.93. The van der Waals surface area contributed by atoms with Crippen LogP contribution in [-0.4, -0.2) is 11.2 Å². The van der Waals surface area contributed by atoms with Gasteiger partial charge in [0.2, 0.25) is 0 Å². The summed E-state index contributed by atoms with van der Waals surface area (Å²) in [5, 5.41) is 6.93. The number of allylic oxidation sites excluding steroid dienone is 1.